The van der Waals surface area contributed by atoms with Gasteiger partial charge in [0.2, 0.25) is 0 Å². The maximum atomic E-state index is 13.3. The Hall–Kier alpha value is -2.23. The average Bonchev–Trinajstić information content (AvgIpc) is 2.41. The summed E-state index contributed by atoms with van der Waals surface area (Å²) in [4.78, 5) is 11.7. The van der Waals surface area contributed by atoms with Crippen molar-refractivity contribution in [3.63, 3.8) is 0 Å². The maximum absolute atomic E-state index is 13.3. The second-order valence-corrected chi connectivity index (χ2v) is 3.76. The molecule has 18 heavy (non-hydrogen) atoms. The molecule has 0 heterocycles. The van der Waals surface area contributed by atoms with Crippen molar-refractivity contribution in [2.45, 2.75) is 6.54 Å². The summed E-state index contributed by atoms with van der Waals surface area (Å²) in [5.74, 6) is -2.16. The molecular weight excluding hydrogens is 236 g/mol. The number of hydrogen-bond acceptors (Lipinski definition) is 1. The number of amides is 1. The van der Waals surface area contributed by atoms with Crippen LogP contribution in [0.2, 0.25) is 0 Å². The Balaban J connectivity index is 2.04. The molecule has 0 aliphatic carbocycles. The van der Waals surface area contributed by atoms with E-state index in [0.717, 1.165) is 6.07 Å². The zero-order valence-electron chi connectivity index (χ0n) is 9.49. The minimum atomic E-state index is -0.925. The first-order chi connectivity index (χ1) is 8.68. The fraction of sp³-hybridized carbons (Fsp3) is 0.0714. The van der Waals surface area contributed by atoms with E-state index in [0.29, 0.717) is 5.56 Å². The first-order valence-corrected chi connectivity index (χ1v) is 5.44. The predicted molar refractivity (Wildman–Crippen MR) is 64.0 cm³/mol. The zero-order chi connectivity index (χ0) is 13.0. The highest BCUT2D eigenvalue weighted by Gasteiger charge is 2.09. The minimum Gasteiger partial charge on any atom is -0.348 e. The quantitative estimate of drug-likeness (QED) is 0.887. The zero-order valence-corrected chi connectivity index (χ0v) is 9.49. The van der Waals surface area contributed by atoms with Gasteiger partial charge in [-0.15, -0.1) is 0 Å². The van der Waals surface area contributed by atoms with Crippen molar-refractivity contribution < 1.29 is 13.6 Å². The number of carbonyl (C=O) groups is 1. The molecule has 0 fully saturated rings. The van der Waals surface area contributed by atoms with Crippen molar-refractivity contribution in [3.05, 3.63) is 71.3 Å². The molecule has 1 N–H and O–H groups in total. The monoisotopic (exact) mass is 247 g/mol. The number of rotatable bonds is 3. The second kappa shape index (κ2) is 5.40. The molecular formula is C14H11F2NO. The molecule has 2 rings (SSSR count). The fourth-order valence-electron chi connectivity index (χ4n) is 1.55. The van der Waals surface area contributed by atoms with Gasteiger partial charge in [0.25, 0.3) is 5.91 Å². The van der Waals surface area contributed by atoms with Gasteiger partial charge in [-0.05, 0) is 18.2 Å². The van der Waals surface area contributed by atoms with Crippen LogP contribution in [0.25, 0.3) is 0 Å². The summed E-state index contributed by atoms with van der Waals surface area (Å²) >= 11 is 0. The van der Waals surface area contributed by atoms with Crippen molar-refractivity contribution in [2.75, 3.05) is 0 Å². The van der Waals surface area contributed by atoms with E-state index in [9.17, 15) is 13.6 Å². The molecule has 92 valence electrons. The third kappa shape index (κ3) is 2.71. The van der Waals surface area contributed by atoms with Crippen molar-refractivity contribution in [2.24, 2.45) is 0 Å². The van der Waals surface area contributed by atoms with Gasteiger partial charge in [0, 0.05) is 17.7 Å². The Kier molecular flexibility index (Phi) is 3.67. The van der Waals surface area contributed by atoms with E-state index in [4.69, 9.17) is 0 Å². The number of hydrogen-bond donors (Lipinski definition) is 1. The van der Waals surface area contributed by atoms with Crippen LogP contribution in [-0.4, -0.2) is 5.91 Å². The molecule has 0 radical (unpaired) electrons. The van der Waals surface area contributed by atoms with Crippen LogP contribution in [0.4, 0.5) is 8.78 Å². The molecule has 0 saturated heterocycles. The van der Waals surface area contributed by atoms with Crippen LogP contribution in [0.5, 0.6) is 0 Å². The number of benzene rings is 2. The molecule has 0 aliphatic heterocycles. The van der Waals surface area contributed by atoms with E-state index >= 15 is 0 Å². The second-order valence-electron chi connectivity index (χ2n) is 3.76. The van der Waals surface area contributed by atoms with E-state index in [1.807, 2.05) is 0 Å². The van der Waals surface area contributed by atoms with E-state index < -0.39 is 11.6 Å². The largest absolute Gasteiger partial charge is 0.348 e. The van der Waals surface area contributed by atoms with Gasteiger partial charge in [-0.2, -0.15) is 0 Å². The van der Waals surface area contributed by atoms with Crippen molar-refractivity contribution in [1.82, 2.24) is 5.32 Å². The normalized spacial score (nSPS) is 10.1. The standard InChI is InChI=1S/C14H11F2NO/c15-12-8-4-7-11(13(12)16)9-17-14(18)10-5-2-1-3-6-10/h1-8H,9H2,(H,17,18). The van der Waals surface area contributed by atoms with Crippen molar-refractivity contribution in [3.8, 4) is 0 Å². The van der Waals surface area contributed by atoms with Gasteiger partial charge >= 0.3 is 0 Å². The van der Waals surface area contributed by atoms with E-state index in [-0.39, 0.29) is 18.0 Å². The third-order valence-electron chi connectivity index (χ3n) is 2.51. The fourth-order valence-corrected chi connectivity index (χ4v) is 1.55. The highest BCUT2D eigenvalue weighted by atomic mass is 19.2. The highest BCUT2D eigenvalue weighted by Crippen LogP contribution is 2.11. The SMILES string of the molecule is O=C(NCc1cccc(F)c1F)c1ccccc1. The topological polar surface area (TPSA) is 29.1 Å². The molecule has 0 saturated carbocycles. The Bertz CT molecular complexity index is 555. The first kappa shape index (κ1) is 12.2. The molecule has 0 unspecified atom stereocenters. The van der Waals surface area contributed by atoms with Crippen LogP contribution in [-0.2, 0) is 6.54 Å². The molecule has 4 heteroatoms. The Labute approximate surface area is 103 Å². The van der Waals surface area contributed by atoms with Crippen LogP contribution in [0.3, 0.4) is 0 Å². The lowest BCUT2D eigenvalue weighted by Crippen LogP contribution is -2.23. The number of carbonyl (C=O) groups excluding carboxylic acids is 1. The number of nitrogens with one attached hydrogen (secondary N) is 1. The van der Waals surface area contributed by atoms with Gasteiger partial charge in [-0.3, -0.25) is 4.79 Å². The first-order valence-electron chi connectivity index (χ1n) is 5.44. The molecule has 1 amide bonds. The van der Waals surface area contributed by atoms with E-state index in [1.54, 1.807) is 30.3 Å². The smallest absolute Gasteiger partial charge is 0.251 e. The van der Waals surface area contributed by atoms with Crippen molar-refractivity contribution in [1.29, 1.82) is 0 Å². The third-order valence-corrected chi connectivity index (χ3v) is 2.51. The van der Waals surface area contributed by atoms with Gasteiger partial charge < -0.3 is 5.32 Å². The maximum Gasteiger partial charge on any atom is 0.251 e. The number of halogens is 2. The molecule has 2 aromatic carbocycles. The van der Waals surface area contributed by atoms with Crippen LogP contribution in [0, 0.1) is 11.6 Å². The Morgan fingerprint density at radius 2 is 1.72 bits per heavy atom. The highest BCUT2D eigenvalue weighted by molar-refractivity contribution is 5.94. The lowest BCUT2D eigenvalue weighted by Gasteiger charge is -2.06. The summed E-state index contributed by atoms with van der Waals surface area (Å²) in [5, 5.41) is 2.54. The minimum absolute atomic E-state index is 0.0443. The summed E-state index contributed by atoms with van der Waals surface area (Å²) in [6.45, 7) is -0.0443. The van der Waals surface area contributed by atoms with Crippen LogP contribution in [0.1, 0.15) is 15.9 Å². The van der Waals surface area contributed by atoms with Gasteiger partial charge in [-0.25, -0.2) is 8.78 Å². The van der Waals surface area contributed by atoms with Crippen LogP contribution >= 0.6 is 0 Å². The molecule has 0 aliphatic rings. The van der Waals surface area contributed by atoms with Gasteiger partial charge in [0.05, 0.1) is 0 Å². The Morgan fingerprint density at radius 3 is 2.44 bits per heavy atom. The molecule has 2 nitrogen and oxygen atoms in total. The van der Waals surface area contributed by atoms with E-state index in [1.165, 1.54) is 12.1 Å². The van der Waals surface area contributed by atoms with Crippen LogP contribution < -0.4 is 5.32 Å². The molecule has 0 bridgehead atoms. The lowest BCUT2D eigenvalue weighted by atomic mass is 10.2. The summed E-state index contributed by atoms with van der Waals surface area (Å²) < 4.78 is 26.3. The molecule has 0 spiro atoms. The van der Waals surface area contributed by atoms with Crippen LogP contribution in [0.15, 0.2) is 48.5 Å². The van der Waals surface area contributed by atoms with Gasteiger partial charge in [0.15, 0.2) is 11.6 Å². The van der Waals surface area contributed by atoms with Crippen molar-refractivity contribution >= 4 is 5.91 Å². The molecule has 2 aromatic rings. The Morgan fingerprint density at radius 1 is 1.00 bits per heavy atom. The molecule has 0 aromatic heterocycles. The molecule has 0 atom stereocenters. The summed E-state index contributed by atoms with van der Waals surface area (Å²) in [6.07, 6.45) is 0. The van der Waals surface area contributed by atoms with Gasteiger partial charge in [0.1, 0.15) is 0 Å². The van der Waals surface area contributed by atoms with E-state index in [2.05, 4.69) is 5.32 Å². The average molecular weight is 247 g/mol. The summed E-state index contributed by atoms with van der Waals surface area (Å²) in [7, 11) is 0. The lowest BCUT2D eigenvalue weighted by molar-refractivity contribution is 0.0950. The predicted octanol–water partition coefficient (Wildman–Crippen LogP) is 2.89. The van der Waals surface area contributed by atoms with Gasteiger partial charge in [-0.1, -0.05) is 30.3 Å². The summed E-state index contributed by atoms with van der Waals surface area (Å²) in [5.41, 5.74) is 0.605. The summed E-state index contributed by atoms with van der Waals surface area (Å²) in [6, 6.07) is 12.4.